The van der Waals surface area contributed by atoms with Crippen molar-refractivity contribution in [3.8, 4) is 0 Å². The molecule has 0 unspecified atom stereocenters. The second-order valence-corrected chi connectivity index (χ2v) is 8.15. The lowest BCUT2D eigenvalue weighted by atomic mass is 10.2. The maximum absolute atomic E-state index is 12.7. The van der Waals surface area contributed by atoms with Crippen LogP contribution >= 0.6 is 15.9 Å². The summed E-state index contributed by atoms with van der Waals surface area (Å²) >= 11 is 3.11. The predicted molar refractivity (Wildman–Crippen MR) is 125 cm³/mol. The van der Waals surface area contributed by atoms with Gasteiger partial charge in [0.25, 0.3) is 5.91 Å². The lowest BCUT2D eigenvalue weighted by Gasteiger charge is -2.27. The quantitative estimate of drug-likeness (QED) is 0.382. The number of nitrogens with zero attached hydrogens (tertiary/aromatic N) is 2. The summed E-state index contributed by atoms with van der Waals surface area (Å²) in [7, 11) is 0. The molecule has 0 aliphatic rings. The molecule has 0 saturated heterocycles. The van der Waals surface area contributed by atoms with E-state index in [-0.39, 0.29) is 36.9 Å². The van der Waals surface area contributed by atoms with Gasteiger partial charge in [0.2, 0.25) is 5.91 Å². The number of hydrazine groups is 2. The lowest BCUT2D eigenvalue weighted by Crippen LogP contribution is -2.53. The van der Waals surface area contributed by atoms with Crippen LogP contribution in [-0.4, -0.2) is 46.3 Å². The van der Waals surface area contributed by atoms with Crippen LogP contribution in [0.2, 0.25) is 0 Å². The first-order chi connectivity index (χ1) is 15.4. The van der Waals surface area contributed by atoms with Crippen molar-refractivity contribution in [3.63, 3.8) is 0 Å². The molecule has 2 rings (SSSR count). The van der Waals surface area contributed by atoms with Crippen LogP contribution in [0.25, 0.3) is 0 Å². The smallest absolute Gasteiger partial charge is 0.429 e. The molecule has 0 aliphatic heterocycles. The van der Waals surface area contributed by atoms with Crippen molar-refractivity contribution in [1.82, 2.24) is 20.9 Å². The maximum atomic E-state index is 12.7. The van der Waals surface area contributed by atoms with Crippen molar-refractivity contribution in [3.05, 3.63) is 71.8 Å². The van der Waals surface area contributed by atoms with E-state index in [1.54, 1.807) is 0 Å². The number of nitrogens with one attached hydrogen (secondary N) is 2. The summed E-state index contributed by atoms with van der Waals surface area (Å²) in [5.74, 6) is -0.628. The molecule has 2 N–H and O–H groups in total. The number of ether oxygens (including phenoxy) is 1. The number of benzene rings is 2. The van der Waals surface area contributed by atoms with E-state index < -0.39 is 12.0 Å². The molecule has 0 aromatic heterocycles. The average molecular weight is 505 g/mol. The molecule has 2 aromatic carbocycles. The minimum Gasteiger partial charge on any atom is -0.443 e. The number of hydrogen-bond donors (Lipinski definition) is 2. The number of alkyl halides is 1. The van der Waals surface area contributed by atoms with Gasteiger partial charge >= 0.3 is 6.09 Å². The fraction of sp³-hybridized carbons (Fsp3) is 0.348. The van der Waals surface area contributed by atoms with Crippen molar-refractivity contribution in [1.29, 1.82) is 0 Å². The molecule has 0 bridgehead atoms. The molecular weight excluding hydrogens is 476 g/mol. The molecule has 0 heterocycles. The van der Waals surface area contributed by atoms with Gasteiger partial charge in [-0.3, -0.25) is 20.4 Å². The minimum atomic E-state index is -0.644. The van der Waals surface area contributed by atoms with Crippen molar-refractivity contribution in [2.75, 3.05) is 18.4 Å². The summed E-state index contributed by atoms with van der Waals surface area (Å²) in [6, 6.07) is 18.8. The van der Waals surface area contributed by atoms with Gasteiger partial charge in [0.1, 0.15) is 6.61 Å². The molecule has 9 heteroatoms. The van der Waals surface area contributed by atoms with Crippen LogP contribution in [0.3, 0.4) is 0 Å². The van der Waals surface area contributed by atoms with Gasteiger partial charge in [-0.1, -0.05) is 90.4 Å². The van der Waals surface area contributed by atoms with Gasteiger partial charge in [-0.2, -0.15) is 0 Å². The van der Waals surface area contributed by atoms with E-state index in [2.05, 4.69) is 26.8 Å². The third-order valence-electron chi connectivity index (χ3n) is 4.19. The van der Waals surface area contributed by atoms with Gasteiger partial charge in [0.05, 0.1) is 11.9 Å². The first kappa shape index (κ1) is 25.4. The van der Waals surface area contributed by atoms with E-state index >= 15 is 0 Å². The van der Waals surface area contributed by atoms with Crippen LogP contribution in [0.5, 0.6) is 0 Å². The van der Waals surface area contributed by atoms with E-state index in [9.17, 15) is 14.4 Å². The maximum Gasteiger partial charge on any atom is 0.429 e. The topological polar surface area (TPSA) is 91.0 Å². The summed E-state index contributed by atoms with van der Waals surface area (Å²) in [4.78, 5) is 37.2. The summed E-state index contributed by atoms with van der Waals surface area (Å²) in [6.45, 7) is 4.43. The number of rotatable bonds is 10. The molecule has 0 fully saturated rings. The Bertz CT molecular complexity index is 865. The van der Waals surface area contributed by atoms with Crippen molar-refractivity contribution in [2.45, 2.75) is 27.0 Å². The number of carbonyl (C=O) groups excluding carboxylic acids is 3. The van der Waals surface area contributed by atoms with Crippen LogP contribution < -0.4 is 10.9 Å². The van der Waals surface area contributed by atoms with E-state index in [0.717, 1.165) is 11.1 Å². The molecular formula is C23H29BrN4O4. The molecule has 3 amide bonds. The highest BCUT2D eigenvalue weighted by atomic mass is 79.9. The Balaban J connectivity index is 2.00. The number of hydrogen-bond acceptors (Lipinski definition) is 5. The minimum absolute atomic E-state index is 0.102. The molecule has 0 radical (unpaired) electrons. The molecule has 8 nitrogen and oxygen atoms in total. The fourth-order valence-electron chi connectivity index (χ4n) is 2.83. The van der Waals surface area contributed by atoms with E-state index in [0.29, 0.717) is 6.54 Å². The Morgan fingerprint density at radius 2 is 1.50 bits per heavy atom. The van der Waals surface area contributed by atoms with Crippen LogP contribution in [0.4, 0.5) is 4.79 Å². The molecule has 0 saturated carbocycles. The van der Waals surface area contributed by atoms with Gasteiger partial charge in [-0.25, -0.2) is 14.8 Å². The molecule has 0 aliphatic carbocycles. The SMILES string of the molecule is CC(C)CN(NC(=O)CN(Cc1ccccc1)NC(=O)CBr)C(=O)OCc1ccccc1. The molecule has 0 atom stereocenters. The number of halogens is 1. The summed E-state index contributed by atoms with van der Waals surface area (Å²) in [5, 5.41) is 2.77. The predicted octanol–water partition coefficient (Wildman–Crippen LogP) is 3.24. The molecule has 0 spiro atoms. The van der Waals surface area contributed by atoms with Crippen molar-refractivity contribution in [2.24, 2.45) is 5.92 Å². The zero-order valence-electron chi connectivity index (χ0n) is 18.3. The Hall–Kier alpha value is -2.91. The lowest BCUT2D eigenvalue weighted by molar-refractivity contribution is -0.130. The van der Waals surface area contributed by atoms with Crippen LogP contribution in [0, 0.1) is 5.92 Å². The molecule has 32 heavy (non-hydrogen) atoms. The monoisotopic (exact) mass is 504 g/mol. The normalized spacial score (nSPS) is 10.7. The van der Waals surface area contributed by atoms with E-state index in [1.165, 1.54) is 10.0 Å². The highest BCUT2D eigenvalue weighted by Gasteiger charge is 2.21. The van der Waals surface area contributed by atoms with E-state index in [1.807, 2.05) is 74.5 Å². The Kier molecular flexibility index (Phi) is 10.7. The third-order valence-corrected chi connectivity index (χ3v) is 4.70. The first-order valence-corrected chi connectivity index (χ1v) is 11.4. The number of amides is 3. The fourth-order valence-corrected chi connectivity index (χ4v) is 2.96. The van der Waals surface area contributed by atoms with Crippen molar-refractivity contribution >= 4 is 33.8 Å². The summed E-state index contributed by atoms with van der Waals surface area (Å²) in [5.41, 5.74) is 7.07. The number of carbonyl (C=O) groups is 3. The molecule has 172 valence electrons. The average Bonchev–Trinajstić information content (AvgIpc) is 2.77. The van der Waals surface area contributed by atoms with Gasteiger partial charge in [0.15, 0.2) is 0 Å². The summed E-state index contributed by atoms with van der Waals surface area (Å²) in [6.07, 6.45) is -0.644. The largest absolute Gasteiger partial charge is 0.443 e. The zero-order chi connectivity index (χ0) is 23.3. The highest BCUT2D eigenvalue weighted by molar-refractivity contribution is 9.09. The Morgan fingerprint density at radius 3 is 2.06 bits per heavy atom. The Labute approximate surface area is 197 Å². The van der Waals surface area contributed by atoms with Crippen LogP contribution in [0.1, 0.15) is 25.0 Å². The van der Waals surface area contributed by atoms with E-state index in [4.69, 9.17) is 4.74 Å². The second kappa shape index (κ2) is 13.5. The van der Waals surface area contributed by atoms with Gasteiger partial charge < -0.3 is 4.74 Å². The van der Waals surface area contributed by atoms with Crippen molar-refractivity contribution < 1.29 is 19.1 Å². The Morgan fingerprint density at radius 1 is 0.906 bits per heavy atom. The zero-order valence-corrected chi connectivity index (χ0v) is 19.9. The van der Waals surface area contributed by atoms with Gasteiger partial charge in [-0.05, 0) is 17.0 Å². The third kappa shape index (κ3) is 9.49. The van der Waals surface area contributed by atoms with Gasteiger partial charge in [-0.15, -0.1) is 0 Å². The van der Waals surface area contributed by atoms with Crippen LogP contribution in [0.15, 0.2) is 60.7 Å². The first-order valence-electron chi connectivity index (χ1n) is 10.3. The van der Waals surface area contributed by atoms with Gasteiger partial charge in [0, 0.05) is 13.1 Å². The standard InChI is InChI=1S/C23H29BrN4O4/c1-18(2)14-28(23(31)32-17-20-11-7-4-8-12-20)26-22(30)16-27(25-21(29)13-24)15-19-9-5-3-6-10-19/h3-12,18H,13-17H2,1-2H3,(H,25,29)(H,26,30). The summed E-state index contributed by atoms with van der Waals surface area (Å²) < 4.78 is 5.36. The molecule has 2 aromatic rings. The highest BCUT2D eigenvalue weighted by Crippen LogP contribution is 2.06. The van der Waals surface area contributed by atoms with Crippen LogP contribution in [-0.2, 0) is 27.5 Å². The second-order valence-electron chi connectivity index (χ2n) is 7.59.